The van der Waals surface area contributed by atoms with Gasteiger partial charge in [-0.1, -0.05) is 17.3 Å². The first-order valence-corrected chi connectivity index (χ1v) is 6.53. The van der Waals surface area contributed by atoms with Gasteiger partial charge in [-0.05, 0) is 37.1 Å². The van der Waals surface area contributed by atoms with Crippen LogP contribution in [0.15, 0.2) is 23.4 Å². The smallest absolute Gasteiger partial charge is 0.170 e. The van der Waals surface area contributed by atoms with Crippen molar-refractivity contribution in [2.45, 2.75) is 26.0 Å². The van der Waals surface area contributed by atoms with Crippen molar-refractivity contribution in [3.8, 4) is 0 Å². The summed E-state index contributed by atoms with van der Waals surface area (Å²) in [7, 11) is 1.57. The molecule has 1 unspecified atom stereocenters. The van der Waals surface area contributed by atoms with Gasteiger partial charge in [0.1, 0.15) is 0 Å². The Bertz CT molecular complexity index is 449. The van der Waals surface area contributed by atoms with Crippen molar-refractivity contribution in [2.24, 2.45) is 10.9 Å². The first-order valence-electron chi connectivity index (χ1n) is 6.53. The Labute approximate surface area is 119 Å². The van der Waals surface area contributed by atoms with E-state index in [9.17, 15) is 5.11 Å². The monoisotopic (exact) mass is 281 g/mol. The maximum Gasteiger partial charge on any atom is 0.170 e. The van der Waals surface area contributed by atoms with Crippen LogP contribution in [0.3, 0.4) is 0 Å². The van der Waals surface area contributed by atoms with Crippen LogP contribution in [-0.2, 0) is 11.3 Å². The van der Waals surface area contributed by atoms with E-state index in [1.807, 2.05) is 25.1 Å². The Morgan fingerprint density at radius 2 is 2.25 bits per heavy atom. The molecule has 0 amide bonds. The number of oxime groups is 1. The first kappa shape index (κ1) is 16.4. The Kier molecular flexibility index (Phi) is 7.00. The summed E-state index contributed by atoms with van der Waals surface area (Å²) in [5.41, 5.74) is 8.45. The van der Waals surface area contributed by atoms with Crippen LogP contribution in [0.1, 0.15) is 23.1 Å². The number of nitrogens with zero attached hydrogens (tertiary/aromatic N) is 1. The van der Waals surface area contributed by atoms with Crippen LogP contribution in [0.5, 0.6) is 0 Å². The molecule has 0 spiro atoms. The van der Waals surface area contributed by atoms with E-state index in [-0.39, 0.29) is 5.84 Å². The fourth-order valence-corrected chi connectivity index (χ4v) is 1.88. The average molecular weight is 281 g/mol. The molecule has 0 bridgehead atoms. The number of aryl methyl sites for hydroxylation is 1. The van der Waals surface area contributed by atoms with E-state index < -0.39 is 6.10 Å². The molecule has 1 aromatic carbocycles. The highest BCUT2D eigenvalue weighted by molar-refractivity contribution is 5.97. The van der Waals surface area contributed by atoms with Crippen LogP contribution in [-0.4, -0.2) is 42.5 Å². The quantitative estimate of drug-likeness (QED) is 0.184. The van der Waals surface area contributed by atoms with Gasteiger partial charge < -0.3 is 26.1 Å². The molecule has 0 aliphatic carbocycles. The molecule has 0 saturated carbocycles. The number of amidine groups is 1. The topological polar surface area (TPSA) is 100 Å². The molecule has 0 aromatic heterocycles. The number of hydrogen-bond acceptors (Lipinski definition) is 5. The molecular weight excluding hydrogens is 258 g/mol. The molecule has 1 aromatic rings. The van der Waals surface area contributed by atoms with Crippen molar-refractivity contribution in [3.05, 3.63) is 34.9 Å². The number of nitrogens with two attached hydrogens (primary N) is 1. The third-order valence-corrected chi connectivity index (χ3v) is 3.07. The molecule has 1 atom stereocenters. The molecule has 6 heteroatoms. The van der Waals surface area contributed by atoms with Gasteiger partial charge in [0, 0.05) is 19.2 Å². The number of ether oxygens (including phenoxy) is 1. The van der Waals surface area contributed by atoms with Gasteiger partial charge in [-0.3, -0.25) is 0 Å². The molecule has 112 valence electrons. The molecule has 0 heterocycles. The predicted octanol–water partition coefficient (Wildman–Crippen LogP) is 0.577. The van der Waals surface area contributed by atoms with Crippen LogP contribution in [0.2, 0.25) is 0 Å². The van der Waals surface area contributed by atoms with Gasteiger partial charge in [0.2, 0.25) is 0 Å². The molecule has 0 aliphatic rings. The van der Waals surface area contributed by atoms with Gasteiger partial charge in [0.15, 0.2) is 5.84 Å². The van der Waals surface area contributed by atoms with E-state index in [1.54, 1.807) is 7.11 Å². The third-order valence-electron chi connectivity index (χ3n) is 3.07. The fraction of sp³-hybridized carbons (Fsp3) is 0.500. The lowest BCUT2D eigenvalue weighted by Gasteiger charge is -2.12. The summed E-state index contributed by atoms with van der Waals surface area (Å²) in [6.45, 7) is 3.76. The van der Waals surface area contributed by atoms with Gasteiger partial charge in [0.05, 0.1) is 12.7 Å². The molecule has 1 rings (SSSR count). The lowest BCUT2D eigenvalue weighted by atomic mass is 10.0. The molecule has 0 saturated heterocycles. The van der Waals surface area contributed by atoms with Gasteiger partial charge in [-0.2, -0.15) is 0 Å². The Hall–Kier alpha value is -1.63. The molecule has 6 nitrogen and oxygen atoms in total. The fourth-order valence-electron chi connectivity index (χ4n) is 1.88. The SMILES string of the molecule is COCC(O)CCNCc1ccc(/C(N)=N/O)cc1C. The van der Waals surface area contributed by atoms with Crippen molar-refractivity contribution >= 4 is 5.84 Å². The van der Waals surface area contributed by atoms with Gasteiger partial charge in [-0.15, -0.1) is 0 Å². The summed E-state index contributed by atoms with van der Waals surface area (Å²) in [5, 5.41) is 24.4. The second-order valence-corrected chi connectivity index (χ2v) is 4.70. The number of hydrogen-bond donors (Lipinski definition) is 4. The number of methoxy groups -OCH3 is 1. The van der Waals surface area contributed by atoms with Gasteiger partial charge in [-0.25, -0.2) is 0 Å². The lowest BCUT2D eigenvalue weighted by molar-refractivity contribution is 0.0594. The normalized spacial score (nSPS) is 13.4. The van der Waals surface area contributed by atoms with Crippen LogP contribution in [0.25, 0.3) is 0 Å². The van der Waals surface area contributed by atoms with Crippen molar-refractivity contribution in [2.75, 3.05) is 20.3 Å². The Balaban J connectivity index is 2.45. The van der Waals surface area contributed by atoms with E-state index in [1.165, 1.54) is 0 Å². The van der Waals surface area contributed by atoms with Gasteiger partial charge >= 0.3 is 0 Å². The summed E-state index contributed by atoms with van der Waals surface area (Å²) in [4.78, 5) is 0. The molecule has 5 N–H and O–H groups in total. The average Bonchev–Trinajstić information content (AvgIpc) is 2.44. The number of aliphatic hydroxyl groups is 1. The van der Waals surface area contributed by atoms with Crippen LogP contribution < -0.4 is 11.1 Å². The standard InChI is InChI=1S/C14H23N3O3/c1-10-7-11(14(15)17-19)3-4-12(10)8-16-6-5-13(18)9-20-2/h3-4,7,13,16,18-19H,5-6,8-9H2,1-2H3,(H2,15,17). The molecule has 0 fully saturated rings. The van der Waals surface area contributed by atoms with E-state index >= 15 is 0 Å². The van der Waals surface area contributed by atoms with Crippen molar-refractivity contribution in [1.82, 2.24) is 5.32 Å². The summed E-state index contributed by atoms with van der Waals surface area (Å²) >= 11 is 0. The summed E-state index contributed by atoms with van der Waals surface area (Å²) in [6, 6.07) is 5.64. The van der Waals surface area contributed by atoms with Crippen molar-refractivity contribution < 1.29 is 15.1 Å². The predicted molar refractivity (Wildman–Crippen MR) is 77.9 cm³/mol. The van der Waals surface area contributed by atoms with Crippen molar-refractivity contribution in [3.63, 3.8) is 0 Å². The maximum absolute atomic E-state index is 9.51. The van der Waals surface area contributed by atoms with Crippen molar-refractivity contribution in [1.29, 1.82) is 0 Å². The van der Waals surface area contributed by atoms with E-state index in [0.29, 0.717) is 31.7 Å². The number of rotatable bonds is 8. The van der Waals surface area contributed by atoms with Crippen LogP contribution in [0.4, 0.5) is 0 Å². The molecule has 0 radical (unpaired) electrons. The Morgan fingerprint density at radius 1 is 1.50 bits per heavy atom. The minimum Gasteiger partial charge on any atom is -0.409 e. The highest BCUT2D eigenvalue weighted by Crippen LogP contribution is 2.11. The highest BCUT2D eigenvalue weighted by atomic mass is 16.5. The van der Waals surface area contributed by atoms with E-state index in [2.05, 4.69) is 10.5 Å². The van der Waals surface area contributed by atoms with E-state index in [4.69, 9.17) is 15.7 Å². The van der Waals surface area contributed by atoms with Gasteiger partial charge in [0.25, 0.3) is 0 Å². The lowest BCUT2D eigenvalue weighted by Crippen LogP contribution is -2.23. The second kappa shape index (κ2) is 8.52. The molecule has 20 heavy (non-hydrogen) atoms. The highest BCUT2D eigenvalue weighted by Gasteiger charge is 2.05. The number of benzene rings is 1. The Morgan fingerprint density at radius 3 is 2.85 bits per heavy atom. The zero-order chi connectivity index (χ0) is 15.0. The molecule has 0 aliphatic heterocycles. The van der Waals surface area contributed by atoms with E-state index in [0.717, 1.165) is 11.1 Å². The van der Waals surface area contributed by atoms with Crippen LogP contribution in [0, 0.1) is 6.92 Å². The minimum absolute atomic E-state index is 0.107. The third kappa shape index (κ3) is 5.16. The largest absolute Gasteiger partial charge is 0.409 e. The molecular formula is C14H23N3O3. The number of aliphatic hydroxyl groups excluding tert-OH is 1. The summed E-state index contributed by atoms with van der Waals surface area (Å²) in [6.07, 6.45) is 0.214. The number of nitrogens with one attached hydrogen (secondary N) is 1. The zero-order valence-electron chi connectivity index (χ0n) is 12.0. The zero-order valence-corrected chi connectivity index (χ0v) is 12.0. The summed E-state index contributed by atoms with van der Waals surface area (Å²) < 4.78 is 4.86. The second-order valence-electron chi connectivity index (χ2n) is 4.70. The maximum atomic E-state index is 9.51. The summed E-state index contributed by atoms with van der Waals surface area (Å²) in [5.74, 6) is 0.107. The minimum atomic E-state index is -0.434. The van der Waals surface area contributed by atoms with Crippen LogP contribution >= 0.6 is 0 Å². The first-order chi connectivity index (χ1) is 9.58.